The lowest BCUT2D eigenvalue weighted by Crippen LogP contribution is -2.33. The molecule has 0 spiro atoms. The number of amides is 1. The number of halogens is 1. The van der Waals surface area contributed by atoms with Crippen LogP contribution < -0.4 is 5.32 Å². The summed E-state index contributed by atoms with van der Waals surface area (Å²) in [5.41, 5.74) is 1.14. The van der Waals surface area contributed by atoms with E-state index in [4.69, 9.17) is 11.6 Å². The van der Waals surface area contributed by atoms with Gasteiger partial charge in [-0.15, -0.1) is 0 Å². The summed E-state index contributed by atoms with van der Waals surface area (Å²) < 4.78 is 0. The molecule has 154 valence electrons. The molecule has 1 atom stereocenters. The molecule has 1 amide bonds. The average molecular weight is 427 g/mol. The first-order chi connectivity index (χ1) is 14.5. The summed E-state index contributed by atoms with van der Waals surface area (Å²) in [5, 5.41) is 21.0. The number of anilines is 1. The van der Waals surface area contributed by atoms with E-state index in [1.165, 1.54) is 18.2 Å². The number of hydrogen-bond acceptors (Lipinski definition) is 6. The number of likely N-dealkylation sites (tertiary alicyclic amines) is 1. The average Bonchev–Trinajstić information content (AvgIpc) is 3.39. The van der Waals surface area contributed by atoms with Crippen molar-refractivity contribution in [3.63, 3.8) is 0 Å². The first kappa shape index (κ1) is 20.0. The maximum atomic E-state index is 12.6. The van der Waals surface area contributed by atoms with E-state index in [2.05, 4.69) is 20.5 Å². The zero-order valence-electron chi connectivity index (χ0n) is 15.9. The molecule has 30 heavy (non-hydrogen) atoms. The number of nitrogens with zero attached hydrogens (tertiary/aromatic N) is 4. The number of hydrogen-bond donors (Lipinski definition) is 2. The highest BCUT2D eigenvalue weighted by molar-refractivity contribution is 6.34. The smallest absolute Gasteiger partial charge is 0.271 e. The second-order valence-electron chi connectivity index (χ2n) is 7.01. The summed E-state index contributed by atoms with van der Waals surface area (Å²) in [7, 11) is 0. The summed E-state index contributed by atoms with van der Waals surface area (Å²) in [4.78, 5) is 29.5. The molecule has 0 bridgehead atoms. The van der Waals surface area contributed by atoms with E-state index in [1.54, 1.807) is 0 Å². The highest BCUT2D eigenvalue weighted by Crippen LogP contribution is 2.31. The van der Waals surface area contributed by atoms with Gasteiger partial charge in [-0.2, -0.15) is 5.10 Å². The summed E-state index contributed by atoms with van der Waals surface area (Å²) in [6.07, 6.45) is 1.81. The van der Waals surface area contributed by atoms with Gasteiger partial charge in [0.2, 0.25) is 5.91 Å². The molecule has 1 saturated heterocycles. The van der Waals surface area contributed by atoms with Gasteiger partial charge < -0.3 is 5.32 Å². The number of nitrogens with one attached hydrogen (secondary N) is 2. The predicted octanol–water partition coefficient (Wildman–Crippen LogP) is 3.81. The molecule has 0 aliphatic carbocycles. The van der Waals surface area contributed by atoms with Crippen LogP contribution in [-0.2, 0) is 4.79 Å². The van der Waals surface area contributed by atoms with E-state index >= 15 is 0 Å². The molecule has 2 N–H and O–H groups in total. The Hall–Kier alpha value is -3.30. The van der Waals surface area contributed by atoms with Crippen LogP contribution in [0.25, 0.3) is 11.4 Å². The number of H-pyrrole nitrogens is 1. The van der Waals surface area contributed by atoms with Gasteiger partial charge in [-0.05, 0) is 25.5 Å². The Morgan fingerprint density at radius 3 is 2.83 bits per heavy atom. The highest BCUT2D eigenvalue weighted by Gasteiger charge is 2.30. The molecule has 1 aromatic heterocycles. The monoisotopic (exact) mass is 426 g/mol. The van der Waals surface area contributed by atoms with Gasteiger partial charge >= 0.3 is 0 Å². The molecule has 4 rings (SSSR count). The van der Waals surface area contributed by atoms with Crippen LogP contribution in [0.5, 0.6) is 0 Å². The molecule has 0 unspecified atom stereocenters. The van der Waals surface area contributed by atoms with Crippen LogP contribution in [0.1, 0.15) is 24.7 Å². The fourth-order valence-corrected chi connectivity index (χ4v) is 3.78. The van der Waals surface area contributed by atoms with Gasteiger partial charge in [-0.1, -0.05) is 41.9 Å². The van der Waals surface area contributed by atoms with Gasteiger partial charge in [-0.25, -0.2) is 4.98 Å². The van der Waals surface area contributed by atoms with Crippen LogP contribution in [0.3, 0.4) is 0 Å². The molecule has 1 aliphatic rings. The topological polar surface area (TPSA) is 117 Å². The number of aromatic nitrogens is 3. The normalized spacial score (nSPS) is 16.5. The van der Waals surface area contributed by atoms with Crippen LogP contribution in [0.2, 0.25) is 5.02 Å². The standard InChI is InChI=1S/C20H19ClN6O3/c21-15-11-14(27(29)30)8-9-16(15)22-18(28)12-26-10-4-7-17(26)20-23-19(24-25-20)13-5-2-1-3-6-13/h1-3,5-6,8-9,11,17H,4,7,10,12H2,(H,22,28)(H,23,24,25)/t17-/m0/s1. The molecular formula is C20H19ClN6O3. The maximum absolute atomic E-state index is 12.6. The van der Waals surface area contributed by atoms with Crippen molar-refractivity contribution in [2.24, 2.45) is 0 Å². The Bertz CT molecular complexity index is 1070. The van der Waals surface area contributed by atoms with Gasteiger partial charge in [0, 0.05) is 17.7 Å². The Morgan fingerprint density at radius 1 is 1.30 bits per heavy atom. The first-order valence-corrected chi connectivity index (χ1v) is 9.84. The Kier molecular flexibility index (Phi) is 5.73. The second kappa shape index (κ2) is 8.60. The fraction of sp³-hybridized carbons (Fsp3) is 0.250. The Labute approximate surface area is 177 Å². The molecule has 9 nitrogen and oxygen atoms in total. The third kappa shape index (κ3) is 4.32. The van der Waals surface area contributed by atoms with E-state index in [1.807, 2.05) is 35.2 Å². The lowest BCUT2D eigenvalue weighted by molar-refractivity contribution is -0.384. The van der Waals surface area contributed by atoms with E-state index in [-0.39, 0.29) is 29.2 Å². The minimum Gasteiger partial charge on any atom is -0.324 e. The van der Waals surface area contributed by atoms with Crippen LogP contribution in [-0.4, -0.2) is 44.0 Å². The molecule has 1 fully saturated rings. The number of aromatic amines is 1. The number of carbonyl (C=O) groups is 1. The van der Waals surface area contributed by atoms with Crippen molar-refractivity contribution in [3.05, 3.63) is 69.5 Å². The van der Waals surface area contributed by atoms with Crippen LogP contribution in [0, 0.1) is 10.1 Å². The first-order valence-electron chi connectivity index (χ1n) is 9.47. The molecule has 3 aromatic rings. The van der Waals surface area contributed by atoms with Crippen LogP contribution in [0.4, 0.5) is 11.4 Å². The second-order valence-corrected chi connectivity index (χ2v) is 7.42. The molecule has 0 saturated carbocycles. The number of nitro groups is 1. The van der Waals surface area contributed by atoms with Crippen molar-refractivity contribution < 1.29 is 9.72 Å². The highest BCUT2D eigenvalue weighted by atomic mass is 35.5. The zero-order valence-corrected chi connectivity index (χ0v) is 16.7. The van der Waals surface area contributed by atoms with Crippen molar-refractivity contribution in [1.82, 2.24) is 20.1 Å². The largest absolute Gasteiger partial charge is 0.324 e. The molecule has 0 radical (unpaired) electrons. The molecule has 2 aromatic carbocycles. The van der Waals surface area contributed by atoms with Crippen molar-refractivity contribution in [2.75, 3.05) is 18.4 Å². The third-order valence-corrected chi connectivity index (χ3v) is 5.31. The van der Waals surface area contributed by atoms with E-state index < -0.39 is 4.92 Å². The Morgan fingerprint density at radius 2 is 2.10 bits per heavy atom. The maximum Gasteiger partial charge on any atom is 0.271 e. The molecular weight excluding hydrogens is 408 g/mol. The minimum atomic E-state index is -0.534. The van der Waals surface area contributed by atoms with Crippen molar-refractivity contribution in [2.45, 2.75) is 18.9 Å². The summed E-state index contributed by atoms with van der Waals surface area (Å²) >= 11 is 6.06. The van der Waals surface area contributed by atoms with Gasteiger partial charge in [0.05, 0.1) is 28.2 Å². The van der Waals surface area contributed by atoms with Gasteiger partial charge in [0.25, 0.3) is 5.69 Å². The van der Waals surface area contributed by atoms with Crippen molar-refractivity contribution in [1.29, 1.82) is 0 Å². The fourth-order valence-electron chi connectivity index (χ4n) is 3.56. The third-order valence-electron chi connectivity index (χ3n) is 5.00. The molecule has 1 aliphatic heterocycles. The summed E-state index contributed by atoms with van der Waals surface area (Å²) in [5.74, 6) is 1.10. The van der Waals surface area contributed by atoms with Gasteiger partial charge in [0.1, 0.15) is 5.82 Å². The number of benzene rings is 2. The number of non-ortho nitro benzene ring substituents is 1. The SMILES string of the molecule is O=C(CN1CCC[C@H]1c1nc(-c2ccccc2)n[nH]1)Nc1ccc([N+](=O)[O-])cc1Cl. The lowest BCUT2D eigenvalue weighted by atomic mass is 10.2. The van der Waals surface area contributed by atoms with E-state index in [0.29, 0.717) is 11.5 Å². The van der Waals surface area contributed by atoms with Gasteiger partial charge in [-0.3, -0.25) is 24.9 Å². The number of carbonyl (C=O) groups excluding carboxylic acids is 1. The summed E-state index contributed by atoms with van der Waals surface area (Å²) in [6.45, 7) is 0.910. The van der Waals surface area contributed by atoms with Crippen molar-refractivity contribution in [3.8, 4) is 11.4 Å². The van der Waals surface area contributed by atoms with Crippen LogP contribution >= 0.6 is 11.6 Å². The van der Waals surface area contributed by atoms with Crippen molar-refractivity contribution >= 4 is 28.9 Å². The van der Waals surface area contributed by atoms with E-state index in [9.17, 15) is 14.9 Å². The van der Waals surface area contributed by atoms with Gasteiger partial charge in [0.15, 0.2) is 5.82 Å². The quantitative estimate of drug-likeness (QED) is 0.457. The Balaban J connectivity index is 1.43. The number of rotatable bonds is 6. The lowest BCUT2D eigenvalue weighted by Gasteiger charge is -2.22. The number of nitro benzene ring substituents is 1. The van der Waals surface area contributed by atoms with E-state index in [0.717, 1.165) is 30.8 Å². The summed E-state index contributed by atoms with van der Waals surface area (Å²) in [6, 6.07) is 13.6. The van der Waals surface area contributed by atoms with Crippen LogP contribution in [0.15, 0.2) is 48.5 Å². The minimum absolute atomic E-state index is 0.0342. The zero-order chi connectivity index (χ0) is 21.1. The molecule has 10 heteroatoms. The molecule has 2 heterocycles. The predicted molar refractivity (Wildman–Crippen MR) is 112 cm³/mol.